The van der Waals surface area contributed by atoms with Gasteiger partial charge in [-0.1, -0.05) is 17.7 Å². The van der Waals surface area contributed by atoms with Crippen LogP contribution in [0, 0.1) is 11.7 Å². The van der Waals surface area contributed by atoms with Gasteiger partial charge in [0.15, 0.2) is 5.69 Å². The highest BCUT2D eigenvalue weighted by Gasteiger charge is 2.39. The molecular weight excluding hydrogens is 547 g/mol. The number of hydrogen-bond donors (Lipinski definition) is 2. The Bertz CT molecular complexity index is 1400. The van der Waals surface area contributed by atoms with Crippen LogP contribution in [0.15, 0.2) is 47.3 Å². The highest BCUT2D eigenvalue weighted by Crippen LogP contribution is 2.39. The number of aromatic amines is 1. The van der Waals surface area contributed by atoms with E-state index in [1.54, 1.807) is 29.2 Å². The van der Waals surface area contributed by atoms with Gasteiger partial charge >= 0.3 is 12.4 Å². The van der Waals surface area contributed by atoms with E-state index < -0.39 is 70.3 Å². The van der Waals surface area contributed by atoms with E-state index in [2.05, 4.69) is 10.3 Å². The fraction of sp³-hybridized carbons (Fsp3) is 0.292. The van der Waals surface area contributed by atoms with Crippen molar-refractivity contribution in [2.45, 2.75) is 37.8 Å². The van der Waals surface area contributed by atoms with E-state index in [4.69, 9.17) is 16.3 Å². The van der Waals surface area contributed by atoms with Crippen molar-refractivity contribution < 1.29 is 40.3 Å². The topological polar surface area (TPSA) is 84.1 Å². The molecule has 1 aliphatic carbocycles. The number of ether oxygens (including phenoxy) is 1. The third-order valence-electron chi connectivity index (χ3n) is 5.83. The molecule has 0 saturated heterocycles. The molecule has 0 atom stereocenters. The Morgan fingerprint density at radius 2 is 1.71 bits per heavy atom. The quantitative estimate of drug-likeness (QED) is 0.375. The molecule has 0 unspecified atom stereocenters. The van der Waals surface area contributed by atoms with Crippen molar-refractivity contribution in [2.24, 2.45) is 5.92 Å². The third-order valence-corrected chi connectivity index (χ3v) is 6.08. The first-order valence-electron chi connectivity index (χ1n) is 11.0. The van der Waals surface area contributed by atoms with Crippen LogP contribution >= 0.6 is 11.6 Å². The smallest absolute Gasteiger partial charge is 0.433 e. The largest absolute Gasteiger partial charge is 0.490 e. The van der Waals surface area contributed by atoms with Crippen LogP contribution in [0.1, 0.15) is 29.7 Å². The van der Waals surface area contributed by atoms with Gasteiger partial charge in [-0.05, 0) is 43.2 Å². The first-order valence-corrected chi connectivity index (χ1v) is 11.4. The maximum atomic E-state index is 15.3. The van der Waals surface area contributed by atoms with Gasteiger partial charge in [-0.2, -0.15) is 26.3 Å². The Labute approximate surface area is 214 Å². The Balaban J connectivity index is 1.51. The van der Waals surface area contributed by atoms with E-state index in [1.807, 2.05) is 0 Å². The molecule has 1 amide bonds. The van der Waals surface area contributed by atoms with Gasteiger partial charge in [0.05, 0.1) is 11.1 Å². The third kappa shape index (κ3) is 6.09. The molecule has 2 aromatic carbocycles. The fourth-order valence-corrected chi connectivity index (χ4v) is 3.98. The summed E-state index contributed by atoms with van der Waals surface area (Å²) in [4.78, 5) is 28.9. The average Bonchev–Trinajstić information content (AvgIpc) is 2.79. The molecule has 38 heavy (non-hydrogen) atoms. The zero-order valence-electron chi connectivity index (χ0n) is 19.0. The standard InChI is InChI=1S/C24H17ClF7N3O3/c25-13-2-4-14(5-3-13)38-15-7-12(8-15)22(37)33-10-11-1-6-16(23(27,28)29)19(20(11)26)21-34-17(24(30,31)32)9-18(36)35-21/h1-6,9,12,15H,7-8,10H2,(H,33,37)(H,34,35,36). The zero-order chi connectivity index (χ0) is 27.8. The monoisotopic (exact) mass is 563 g/mol. The van der Waals surface area contributed by atoms with Gasteiger partial charge in [-0.15, -0.1) is 0 Å². The van der Waals surface area contributed by atoms with Crippen LogP contribution in [-0.2, 0) is 23.7 Å². The first-order chi connectivity index (χ1) is 17.7. The molecule has 1 fully saturated rings. The van der Waals surface area contributed by atoms with Crippen molar-refractivity contribution in [3.63, 3.8) is 0 Å². The van der Waals surface area contributed by atoms with Gasteiger partial charge in [-0.3, -0.25) is 9.59 Å². The van der Waals surface area contributed by atoms with Crippen molar-refractivity contribution in [3.05, 3.63) is 80.5 Å². The molecule has 1 aromatic heterocycles. The van der Waals surface area contributed by atoms with E-state index in [9.17, 15) is 35.9 Å². The number of carbonyl (C=O) groups excluding carboxylic acids is 1. The van der Waals surface area contributed by atoms with Gasteiger partial charge in [0.1, 0.15) is 23.5 Å². The Hall–Kier alpha value is -3.61. The second-order valence-corrected chi connectivity index (χ2v) is 8.95. The summed E-state index contributed by atoms with van der Waals surface area (Å²) in [6, 6.07) is 7.83. The first kappa shape index (κ1) is 27.4. The fourth-order valence-electron chi connectivity index (χ4n) is 3.85. The van der Waals surface area contributed by atoms with E-state index in [0.717, 1.165) is 6.07 Å². The van der Waals surface area contributed by atoms with Gasteiger partial charge < -0.3 is 15.0 Å². The van der Waals surface area contributed by atoms with Crippen LogP contribution in [0.25, 0.3) is 11.4 Å². The lowest BCUT2D eigenvalue weighted by atomic mass is 9.81. The van der Waals surface area contributed by atoms with E-state index in [0.29, 0.717) is 29.7 Å². The highest BCUT2D eigenvalue weighted by atomic mass is 35.5. The average molecular weight is 564 g/mol. The van der Waals surface area contributed by atoms with Crippen LogP contribution in [-0.4, -0.2) is 22.0 Å². The molecular formula is C24H17ClF7N3O3. The number of aromatic nitrogens is 2. The number of amides is 1. The van der Waals surface area contributed by atoms with Crippen molar-refractivity contribution >= 4 is 17.5 Å². The predicted molar refractivity (Wildman–Crippen MR) is 121 cm³/mol. The molecule has 0 spiro atoms. The summed E-state index contributed by atoms with van der Waals surface area (Å²) < 4.78 is 101. The molecule has 3 aromatic rings. The van der Waals surface area contributed by atoms with Crippen molar-refractivity contribution in [2.75, 3.05) is 0 Å². The number of hydrogen-bond acceptors (Lipinski definition) is 4. The minimum Gasteiger partial charge on any atom is -0.490 e. The maximum Gasteiger partial charge on any atom is 0.433 e. The van der Waals surface area contributed by atoms with E-state index in [1.165, 1.54) is 0 Å². The molecule has 6 nitrogen and oxygen atoms in total. The summed E-state index contributed by atoms with van der Waals surface area (Å²) in [5.74, 6) is -3.28. The molecule has 0 bridgehead atoms. The molecule has 1 heterocycles. The van der Waals surface area contributed by atoms with Gasteiger partial charge in [0.2, 0.25) is 5.91 Å². The second kappa shape index (κ2) is 10.3. The Morgan fingerprint density at radius 1 is 1.05 bits per heavy atom. The van der Waals surface area contributed by atoms with Crippen LogP contribution in [0.3, 0.4) is 0 Å². The number of H-pyrrole nitrogens is 1. The SMILES string of the molecule is O=C(NCc1ccc(C(F)(F)F)c(-c2nc(C(F)(F)F)cc(=O)[nH]2)c1F)C1CC(Oc2ccc(Cl)cc2)C1. The van der Waals surface area contributed by atoms with E-state index >= 15 is 4.39 Å². The van der Waals surface area contributed by atoms with Crippen LogP contribution in [0.4, 0.5) is 30.7 Å². The summed E-state index contributed by atoms with van der Waals surface area (Å²) in [5, 5.41) is 2.94. The summed E-state index contributed by atoms with van der Waals surface area (Å²) in [6.45, 7) is -0.557. The predicted octanol–water partition coefficient (Wildman–Crippen LogP) is 5.74. The lowest BCUT2D eigenvalue weighted by molar-refractivity contribution is -0.141. The molecule has 0 aliphatic heterocycles. The molecule has 14 heteroatoms. The summed E-state index contributed by atoms with van der Waals surface area (Å²) >= 11 is 5.81. The molecule has 1 saturated carbocycles. The lowest BCUT2D eigenvalue weighted by Gasteiger charge is -2.34. The lowest BCUT2D eigenvalue weighted by Crippen LogP contribution is -2.43. The normalized spacial score (nSPS) is 17.6. The molecule has 202 valence electrons. The molecule has 4 rings (SSSR count). The summed E-state index contributed by atoms with van der Waals surface area (Å²) in [7, 11) is 0. The van der Waals surface area contributed by atoms with Crippen molar-refractivity contribution in [3.8, 4) is 17.1 Å². The minimum atomic E-state index is -5.18. The van der Waals surface area contributed by atoms with E-state index in [-0.39, 0.29) is 12.2 Å². The second-order valence-electron chi connectivity index (χ2n) is 8.52. The van der Waals surface area contributed by atoms with Crippen LogP contribution in [0.5, 0.6) is 5.75 Å². The Kier molecular flexibility index (Phi) is 7.42. The molecule has 0 radical (unpaired) electrons. The number of nitrogens with zero attached hydrogens (tertiary/aromatic N) is 1. The van der Waals surface area contributed by atoms with Crippen LogP contribution in [0.2, 0.25) is 5.02 Å². The Morgan fingerprint density at radius 3 is 2.32 bits per heavy atom. The van der Waals surface area contributed by atoms with Gasteiger partial charge in [-0.25, -0.2) is 9.37 Å². The summed E-state index contributed by atoms with van der Waals surface area (Å²) in [5.41, 5.74) is -6.67. The van der Waals surface area contributed by atoms with Gasteiger partial charge in [0.25, 0.3) is 5.56 Å². The summed E-state index contributed by atoms with van der Waals surface area (Å²) in [6.07, 6.45) is -9.93. The number of carbonyl (C=O) groups is 1. The molecule has 1 aliphatic rings. The number of alkyl halides is 6. The maximum absolute atomic E-state index is 15.3. The number of halogens is 8. The number of benzene rings is 2. The highest BCUT2D eigenvalue weighted by molar-refractivity contribution is 6.30. The van der Waals surface area contributed by atoms with Crippen molar-refractivity contribution in [1.29, 1.82) is 0 Å². The number of rotatable bonds is 6. The number of nitrogens with one attached hydrogen (secondary N) is 2. The van der Waals surface area contributed by atoms with Crippen molar-refractivity contribution in [1.82, 2.24) is 15.3 Å². The van der Waals surface area contributed by atoms with Gasteiger partial charge in [0, 0.05) is 29.1 Å². The van der Waals surface area contributed by atoms with Crippen LogP contribution < -0.4 is 15.6 Å². The molecule has 2 N–H and O–H groups in total. The zero-order valence-corrected chi connectivity index (χ0v) is 19.8. The minimum absolute atomic E-state index is 0.0429.